The van der Waals surface area contributed by atoms with Crippen molar-refractivity contribution in [1.29, 1.82) is 0 Å². The van der Waals surface area contributed by atoms with Gasteiger partial charge in [-0.05, 0) is 36.6 Å². The van der Waals surface area contributed by atoms with Crippen LogP contribution in [0.5, 0.6) is 0 Å². The molecule has 0 N–H and O–H groups in total. The van der Waals surface area contributed by atoms with E-state index in [9.17, 15) is 0 Å². The summed E-state index contributed by atoms with van der Waals surface area (Å²) < 4.78 is 0. The number of benzene rings is 2. The fourth-order valence-electron chi connectivity index (χ4n) is 2.40. The first kappa shape index (κ1) is 15.7. The van der Waals surface area contributed by atoms with Crippen LogP contribution in [0.3, 0.4) is 0 Å². The molecule has 0 aliphatic carbocycles. The zero-order valence-electron chi connectivity index (χ0n) is 11.4. The second-order valence-corrected chi connectivity index (χ2v) is 6.19. The van der Waals surface area contributed by atoms with Gasteiger partial charge in [-0.1, -0.05) is 53.6 Å². The SMILES string of the molecule is Cc1cccc(C(CCl)(CCl)Cc2cccc(Cl)c2)c1. The van der Waals surface area contributed by atoms with Crippen LogP contribution in [0.15, 0.2) is 48.5 Å². The second kappa shape index (κ2) is 6.85. The molecule has 3 heteroatoms. The third-order valence-electron chi connectivity index (χ3n) is 3.57. The Morgan fingerprint density at radius 1 is 0.950 bits per heavy atom. The Morgan fingerprint density at radius 2 is 1.65 bits per heavy atom. The van der Waals surface area contributed by atoms with Gasteiger partial charge < -0.3 is 0 Å². The van der Waals surface area contributed by atoms with Gasteiger partial charge in [0.15, 0.2) is 0 Å². The molecular formula is C17H17Cl3. The topological polar surface area (TPSA) is 0 Å². The van der Waals surface area contributed by atoms with Crippen molar-refractivity contribution in [1.82, 2.24) is 0 Å². The molecule has 0 amide bonds. The maximum atomic E-state index is 6.28. The van der Waals surface area contributed by atoms with Crippen LogP contribution in [0.2, 0.25) is 5.02 Å². The number of rotatable bonds is 5. The summed E-state index contributed by atoms with van der Waals surface area (Å²) in [6, 6.07) is 16.3. The van der Waals surface area contributed by atoms with Gasteiger partial charge in [0, 0.05) is 22.2 Å². The summed E-state index contributed by atoms with van der Waals surface area (Å²) in [5.41, 5.74) is 3.29. The van der Waals surface area contributed by atoms with Gasteiger partial charge in [0.05, 0.1) is 0 Å². The van der Waals surface area contributed by atoms with Crippen LogP contribution in [0.25, 0.3) is 0 Å². The molecule has 2 aromatic carbocycles. The van der Waals surface area contributed by atoms with Crippen molar-refractivity contribution in [2.24, 2.45) is 0 Å². The monoisotopic (exact) mass is 326 g/mol. The van der Waals surface area contributed by atoms with Crippen LogP contribution < -0.4 is 0 Å². The highest BCUT2D eigenvalue weighted by molar-refractivity contribution is 6.30. The molecule has 2 rings (SSSR count). The lowest BCUT2D eigenvalue weighted by Crippen LogP contribution is -2.33. The second-order valence-electron chi connectivity index (χ2n) is 5.22. The van der Waals surface area contributed by atoms with E-state index in [1.54, 1.807) is 0 Å². The number of aryl methyl sites for hydroxylation is 1. The summed E-state index contributed by atoms with van der Waals surface area (Å²) in [5, 5.41) is 0.741. The van der Waals surface area contributed by atoms with Crippen LogP contribution in [0, 0.1) is 6.92 Å². The standard InChI is InChI=1S/C17H17Cl3/c1-13-4-2-6-15(8-13)17(11-18,12-19)10-14-5-3-7-16(20)9-14/h2-9H,10-12H2,1H3. The third-order valence-corrected chi connectivity index (χ3v) is 4.83. The first-order chi connectivity index (χ1) is 9.59. The van der Waals surface area contributed by atoms with Crippen LogP contribution >= 0.6 is 34.8 Å². The minimum Gasteiger partial charge on any atom is -0.126 e. The van der Waals surface area contributed by atoms with Gasteiger partial charge in [-0.25, -0.2) is 0 Å². The summed E-state index contributed by atoms with van der Waals surface area (Å²) in [7, 11) is 0. The van der Waals surface area contributed by atoms with Gasteiger partial charge in [-0.3, -0.25) is 0 Å². The number of hydrogen-bond acceptors (Lipinski definition) is 0. The van der Waals surface area contributed by atoms with Crippen molar-refractivity contribution in [3.05, 3.63) is 70.2 Å². The molecule has 0 saturated heterocycles. The van der Waals surface area contributed by atoms with Gasteiger partial charge in [0.2, 0.25) is 0 Å². The summed E-state index contributed by atoms with van der Waals surface area (Å²) in [5.74, 6) is 0.957. The molecule has 2 aromatic rings. The fraction of sp³-hybridized carbons (Fsp3) is 0.294. The molecule has 0 fully saturated rings. The third kappa shape index (κ3) is 3.49. The number of alkyl halides is 2. The lowest BCUT2D eigenvalue weighted by atomic mass is 9.78. The molecule has 106 valence electrons. The first-order valence-corrected chi connectivity index (χ1v) is 7.98. The fourth-order valence-corrected chi connectivity index (χ4v) is 3.40. The van der Waals surface area contributed by atoms with Crippen molar-refractivity contribution in [2.45, 2.75) is 18.8 Å². The Hall–Kier alpha value is -0.690. The van der Waals surface area contributed by atoms with Gasteiger partial charge in [-0.15, -0.1) is 23.2 Å². The van der Waals surface area contributed by atoms with E-state index in [-0.39, 0.29) is 5.41 Å². The summed E-state index contributed by atoms with van der Waals surface area (Å²) in [4.78, 5) is 0. The predicted octanol–water partition coefficient (Wildman–Crippen LogP) is 5.61. The molecule has 0 aliphatic rings. The summed E-state index contributed by atoms with van der Waals surface area (Å²) in [6.07, 6.45) is 0.782. The highest BCUT2D eigenvalue weighted by Gasteiger charge is 2.31. The normalized spacial score (nSPS) is 11.6. The molecule has 0 nitrogen and oxygen atoms in total. The van der Waals surface area contributed by atoms with E-state index in [1.165, 1.54) is 11.1 Å². The molecule has 20 heavy (non-hydrogen) atoms. The Morgan fingerprint density at radius 3 is 2.25 bits per heavy atom. The molecule has 0 heterocycles. The first-order valence-electron chi connectivity index (χ1n) is 6.53. The van der Waals surface area contributed by atoms with Crippen molar-refractivity contribution < 1.29 is 0 Å². The molecular weight excluding hydrogens is 311 g/mol. The van der Waals surface area contributed by atoms with Crippen molar-refractivity contribution in [2.75, 3.05) is 11.8 Å². The summed E-state index contributed by atoms with van der Waals surface area (Å²) in [6.45, 7) is 2.08. The molecule has 0 unspecified atom stereocenters. The van der Waals surface area contributed by atoms with E-state index >= 15 is 0 Å². The minimum absolute atomic E-state index is 0.264. The van der Waals surface area contributed by atoms with Crippen molar-refractivity contribution in [3.8, 4) is 0 Å². The molecule has 0 aliphatic heterocycles. The average Bonchev–Trinajstić information content (AvgIpc) is 2.45. The zero-order valence-corrected chi connectivity index (χ0v) is 13.6. The smallest absolute Gasteiger partial charge is 0.0408 e. The van der Waals surface area contributed by atoms with E-state index < -0.39 is 0 Å². The number of halogens is 3. The molecule has 0 atom stereocenters. The Labute approximate surface area is 135 Å². The lowest BCUT2D eigenvalue weighted by Gasteiger charge is -2.31. The van der Waals surface area contributed by atoms with Gasteiger partial charge >= 0.3 is 0 Å². The van der Waals surface area contributed by atoms with E-state index in [0.717, 1.165) is 17.0 Å². The molecule has 0 spiro atoms. The van der Waals surface area contributed by atoms with E-state index in [2.05, 4.69) is 37.3 Å². The maximum absolute atomic E-state index is 6.28. The highest BCUT2D eigenvalue weighted by atomic mass is 35.5. The molecule has 0 saturated carbocycles. The largest absolute Gasteiger partial charge is 0.126 e. The molecule has 0 aromatic heterocycles. The van der Waals surface area contributed by atoms with Crippen molar-refractivity contribution >= 4 is 34.8 Å². The van der Waals surface area contributed by atoms with Gasteiger partial charge in [0.1, 0.15) is 0 Å². The summed E-state index contributed by atoms with van der Waals surface area (Å²) >= 11 is 18.6. The van der Waals surface area contributed by atoms with E-state index in [0.29, 0.717) is 11.8 Å². The quantitative estimate of drug-likeness (QED) is 0.626. The van der Waals surface area contributed by atoms with Crippen LogP contribution in [0.1, 0.15) is 16.7 Å². The number of hydrogen-bond donors (Lipinski definition) is 0. The van der Waals surface area contributed by atoms with E-state index in [1.807, 2.05) is 18.2 Å². The molecule has 0 radical (unpaired) electrons. The average molecular weight is 328 g/mol. The Kier molecular flexibility index (Phi) is 5.37. The van der Waals surface area contributed by atoms with E-state index in [4.69, 9.17) is 34.8 Å². The highest BCUT2D eigenvalue weighted by Crippen LogP contribution is 2.32. The van der Waals surface area contributed by atoms with Crippen LogP contribution in [0.4, 0.5) is 0 Å². The van der Waals surface area contributed by atoms with Crippen molar-refractivity contribution in [3.63, 3.8) is 0 Å². The maximum Gasteiger partial charge on any atom is 0.0408 e. The molecule has 0 bridgehead atoms. The minimum atomic E-state index is -0.264. The predicted molar refractivity (Wildman–Crippen MR) is 89.5 cm³/mol. The van der Waals surface area contributed by atoms with Gasteiger partial charge in [-0.2, -0.15) is 0 Å². The Balaban J connectivity index is 2.39. The zero-order chi connectivity index (χ0) is 14.6. The lowest BCUT2D eigenvalue weighted by molar-refractivity contribution is 0.536. The van der Waals surface area contributed by atoms with Gasteiger partial charge in [0.25, 0.3) is 0 Å². The van der Waals surface area contributed by atoms with Crippen LogP contribution in [-0.4, -0.2) is 11.8 Å². The van der Waals surface area contributed by atoms with Crippen LogP contribution in [-0.2, 0) is 11.8 Å². The Bertz CT molecular complexity index is 574.